The first-order valence-corrected chi connectivity index (χ1v) is 8.46. The zero-order chi connectivity index (χ0) is 17.3. The lowest BCUT2D eigenvalue weighted by molar-refractivity contribution is -0.136. The molecule has 3 rings (SSSR count). The van der Waals surface area contributed by atoms with Gasteiger partial charge in [0.2, 0.25) is 11.8 Å². The summed E-state index contributed by atoms with van der Waals surface area (Å²) in [6.07, 6.45) is 3.64. The number of hydrogen-bond donors (Lipinski definition) is 2. The number of anilines is 1. The number of carbonyl (C=O) groups is 2. The SMILES string of the molecule is CN(C(=O)C1CC(=O)Nc2cc(F)ccc21)C1CCC(CO)CC1. The third kappa shape index (κ3) is 3.29. The number of rotatable bonds is 3. The fourth-order valence-electron chi connectivity index (χ4n) is 3.80. The van der Waals surface area contributed by atoms with Crippen LogP contribution in [0.3, 0.4) is 0 Å². The first-order valence-electron chi connectivity index (χ1n) is 8.46. The molecule has 2 N–H and O–H groups in total. The van der Waals surface area contributed by atoms with E-state index in [2.05, 4.69) is 5.32 Å². The van der Waals surface area contributed by atoms with Crippen LogP contribution in [0.15, 0.2) is 18.2 Å². The van der Waals surface area contributed by atoms with Gasteiger partial charge in [-0.15, -0.1) is 0 Å². The monoisotopic (exact) mass is 334 g/mol. The Kier molecular flexibility index (Phi) is 4.85. The number of aliphatic hydroxyl groups is 1. The van der Waals surface area contributed by atoms with Crippen LogP contribution in [0, 0.1) is 11.7 Å². The van der Waals surface area contributed by atoms with Gasteiger partial charge in [-0.3, -0.25) is 9.59 Å². The van der Waals surface area contributed by atoms with E-state index < -0.39 is 11.7 Å². The maximum Gasteiger partial charge on any atom is 0.230 e. The predicted octanol–water partition coefficient (Wildman–Crippen LogP) is 2.26. The molecular formula is C18H23FN2O3. The van der Waals surface area contributed by atoms with Gasteiger partial charge in [-0.05, 0) is 49.3 Å². The maximum atomic E-state index is 13.4. The summed E-state index contributed by atoms with van der Waals surface area (Å²) in [6.45, 7) is 0.201. The highest BCUT2D eigenvalue weighted by atomic mass is 19.1. The van der Waals surface area contributed by atoms with E-state index in [1.165, 1.54) is 12.1 Å². The molecule has 1 unspecified atom stereocenters. The third-order valence-electron chi connectivity index (χ3n) is 5.32. The molecule has 0 spiro atoms. The highest BCUT2D eigenvalue weighted by Crippen LogP contribution is 2.35. The zero-order valence-corrected chi connectivity index (χ0v) is 13.8. The second-order valence-corrected chi connectivity index (χ2v) is 6.84. The molecule has 0 aromatic heterocycles. The van der Waals surface area contributed by atoms with Gasteiger partial charge in [0.05, 0.1) is 5.92 Å². The van der Waals surface area contributed by atoms with Crippen LogP contribution in [0.5, 0.6) is 0 Å². The summed E-state index contributed by atoms with van der Waals surface area (Å²) >= 11 is 0. The van der Waals surface area contributed by atoms with Crippen molar-refractivity contribution in [2.24, 2.45) is 5.92 Å². The number of benzene rings is 1. The van der Waals surface area contributed by atoms with E-state index in [-0.39, 0.29) is 30.9 Å². The molecule has 6 heteroatoms. The van der Waals surface area contributed by atoms with Gasteiger partial charge >= 0.3 is 0 Å². The summed E-state index contributed by atoms with van der Waals surface area (Å²) in [5.74, 6) is -1.02. The van der Waals surface area contributed by atoms with Gasteiger partial charge in [0.25, 0.3) is 0 Å². The normalized spacial score (nSPS) is 26.5. The Bertz CT molecular complexity index is 641. The minimum Gasteiger partial charge on any atom is -0.396 e. The van der Waals surface area contributed by atoms with Crippen LogP contribution >= 0.6 is 0 Å². The first kappa shape index (κ1) is 16.9. The molecule has 1 aliphatic heterocycles. The lowest BCUT2D eigenvalue weighted by Crippen LogP contribution is -2.43. The molecule has 2 amide bonds. The average Bonchev–Trinajstić information content (AvgIpc) is 2.59. The molecule has 0 bridgehead atoms. The van der Waals surface area contributed by atoms with Gasteiger partial charge < -0.3 is 15.3 Å². The van der Waals surface area contributed by atoms with Gasteiger partial charge in [0, 0.05) is 31.8 Å². The Morgan fingerprint density at radius 2 is 2.04 bits per heavy atom. The first-order chi connectivity index (χ1) is 11.5. The molecule has 24 heavy (non-hydrogen) atoms. The molecule has 1 atom stereocenters. The molecule has 1 fully saturated rings. The number of halogens is 1. The summed E-state index contributed by atoms with van der Waals surface area (Å²) in [6, 6.07) is 4.31. The molecule has 5 nitrogen and oxygen atoms in total. The highest BCUT2D eigenvalue weighted by Gasteiger charge is 2.35. The number of hydrogen-bond acceptors (Lipinski definition) is 3. The topological polar surface area (TPSA) is 69.6 Å². The van der Waals surface area contributed by atoms with Crippen LogP contribution in [0.1, 0.15) is 43.6 Å². The van der Waals surface area contributed by atoms with Crippen LogP contribution in [0.4, 0.5) is 10.1 Å². The minimum atomic E-state index is -0.560. The Labute approximate surface area is 140 Å². The molecule has 0 radical (unpaired) electrons. The molecule has 1 aromatic rings. The van der Waals surface area contributed by atoms with Crippen molar-refractivity contribution in [2.45, 2.75) is 44.1 Å². The van der Waals surface area contributed by atoms with Gasteiger partial charge in [-0.1, -0.05) is 6.07 Å². The van der Waals surface area contributed by atoms with E-state index in [0.29, 0.717) is 17.2 Å². The Morgan fingerprint density at radius 3 is 2.71 bits per heavy atom. The number of amides is 2. The summed E-state index contributed by atoms with van der Waals surface area (Å²) in [5.41, 5.74) is 1.07. The molecule has 0 saturated heterocycles. The molecule has 1 aromatic carbocycles. The van der Waals surface area contributed by atoms with Gasteiger partial charge in [0.1, 0.15) is 5.82 Å². The van der Waals surface area contributed by atoms with E-state index in [0.717, 1.165) is 25.7 Å². The Hall–Kier alpha value is -1.95. The average molecular weight is 334 g/mol. The van der Waals surface area contributed by atoms with Crippen molar-refractivity contribution in [3.63, 3.8) is 0 Å². The molecular weight excluding hydrogens is 311 g/mol. The van der Waals surface area contributed by atoms with Crippen molar-refractivity contribution in [1.82, 2.24) is 4.90 Å². The molecule has 1 aliphatic carbocycles. The van der Waals surface area contributed by atoms with Gasteiger partial charge in [-0.25, -0.2) is 4.39 Å². The summed E-state index contributed by atoms with van der Waals surface area (Å²) in [7, 11) is 1.78. The zero-order valence-electron chi connectivity index (χ0n) is 13.8. The number of carbonyl (C=O) groups excluding carboxylic acids is 2. The molecule has 1 saturated carbocycles. The minimum absolute atomic E-state index is 0.0911. The lowest BCUT2D eigenvalue weighted by atomic mass is 9.84. The molecule has 130 valence electrons. The van der Waals surface area contributed by atoms with Gasteiger partial charge in [0.15, 0.2) is 0 Å². The smallest absolute Gasteiger partial charge is 0.230 e. The van der Waals surface area contributed by atoms with E-state index >= 15 is 0 Å². The quantitative estimate of drug-likeness (QED) is 0.891. The maximum absolute atomic E-state index is 13.4. The van der Waals surface area contributed by atoms with E-state index in [1.54, 1.807) is 18.0 Å². The number of nitrogens with zero attached hydrogens (tertiary/aromatic N) is 1. The fraction of sp³-hybridized carbons (Fsp3) is 0.556. The fourth-order valence-corrected chi connectivity index (χ4v) is 3.80. The summed E-state index contributed by atoms with van der Waals surface area (Å²) in [5, 5.41) is 11.9. The van der Waals surface area contributed by atoms with Crippen molar-refractivity contribution in [1.29, 1.82) is 0 Å². The summed E-state index contributed by atoms with van der Waals surface area (Å²) in [4.78, 5) is 26.6. The standard InChI is InChI=1S/C18H23FN2O3/c1-21(13-5-2-11(10-22)3-6-13)18(24)15-9-17(23)20-16-8-12(19)4-7-14(15)16/h4,7-8,11,13,15,22H,2-3,5-6,9-10H2,1H3,(H,20,23). The number of nitrogens with one attached hydrogen (secondary N) is 1. The van der Waals surface area contributed by atoms with Crippen molar-refractivity contribution >= 4 is 17.5 Å². The Balaban J connectivity index is 1.76. The second kappa shape index (κ2) is 6.89. The second-order valence-electron chi connectivity index (χ2n) is 6.84. The largest absolute Gasteiger partial charge is 0.396 e. The number of fused-ring (bicyclic) bond motifs is 1. The predicted molar refractivity (Wildman–Crippen MR) is 88.0 cm³/mol. The molecule has 1 heterocycles. The van der Waals surface area contributed by atoms with E-state index in [4.69, 9.17) is 0 Å². The highest BCUT2D eigenvalue weighted by molar-refractivity contribution is 6.01. The Morgan fingerprint density at radius 1 is 1.33 bits per heavy atom. The van der Waals surface area contributed by atoms with Crippen LogP contribution in [-0.2, 0) is 9.59 Å². The van der Waals surface area contributed by atoms with Crippen LogP contribution in [0.25, 0.3) is 0 Å². The molecule has 2 aliphatic rings. The van der Waals surface area contributed by atoms with E-state index in [9.17, 15) is 19.1 Å². The van der Waals surface area contributed by atoms with Crippen molar-refractivity contribution in [3.8, 4) is 0 Å². The van der Waals surface area contributed by atoms with Crippen molar-refractivity contribution in [3.05, 3.63) is 29.6 Å². The van der Waals surface area contributed by atoms with Crippen LogP contribution in [-0.4, -0.2) is 41.5 Å². The van der Waals surface area contributed by atoms with Crippen LogP contribution < -0.4 is 5.32 Å². The van der Waals surface area contributed by atoms with Gasteiger partial charge in [-0.2, -0.15) is 0 Å². The lowest BCUT2D eigenvalue weighted by Gasteiger charge is -2.37. The van der Waals surface area contributed by atoms with Crippen LogP contribution in [0.2, 0.25) is 0 Å². The number of likely N-dealkylation sites (N-methyl/N-ethyl adjacent to an activating group) is 1. The summed E-state index contributed by atoms with van der Waals surface area (Å²) < 4.78 is 13.4. The van der Waals surface area contributed by atoms with E-state index in [1.807, 2.05) is 0 Å². The number of aliphatic hydroxyl groups excluding tert-OH is 1. The van der Waals surface area contributed by atoms with Crippen molar-refractivity contribution in [2.75, 3.05) is 19.0 Å². The van der Waals surface area contributed by atoms with Crippen molar-refractivity contribution < 1.29 is 19.1 Å². The third-order valence-corrected chi connectivity index (χ3v) is 5.32.